The molecule has 4 aromatic rings. The SMILES string of the molecule is CNc1ccc(-c2ccnc3c2cc(CN2CC=C(c4ccc(C(=O)N(C)C)cc4OC)CC2)n3C)nn1. The molecule has 1 N–H and O–H groups in total. The highest BCUT2D eigenvalue weighted by molar-refractivity contribution is 5.95. The molecule has 4 heterocycles. The Hall–Kier alpha value is -4.24. The van der Waals surface area contributed by atoms with Crippen molar-refractivity contribution in [3.63, 3.8) is 0 Å². The van der Waals surface area contributed by atoms with Crippen molar-refractivity contribution < 1.29 is 9.53 Å². The molecular weight excluding hydrogens is 478 g/mol. The fraction of sp³-hybridized carbons (Fsp3) is 0.310. The Morgan fingerprint density at radius 1 is 1.11 bits per heavy atom. The lowest BCUT2D eigenvalue weighted by Crippen LogP contribution is -2.29. The number of nitrogens with one attached hydrogen (secondary N) is 1. The molecule has 0 spiro atoms. The first kappa shape index (κ1) is 25.4. The number of fused-ring (bicyclic) bond motifs is 1. The van der Waals surface area contributed by atoms with E-state index in [0.717, 1.165) is 65.5 Å². The zero-order valence-corrected chi connectivity index (χ0v) is 22.5. The van der Waals surface area contributed by atoms with Crippen LogP contribution in [-0.2, 0) is 13.6 Å². The molecule has 0 atom stereocenters. The summed E-state index contributed by atoms with van der Waals surface area (Å²) in [6.45, 7) is 2.57. The van der Waals surface area contributed by atoms with E-state index in [2.05, 4.69) is 49.2 Å². The quantitative estimate of drug-likeness (QED) is 0.400. The summed E-state index contributed by atoms with van der Waals surface area (Å²) in [6.07, 6.45) is 4.99. The van der Waals surface area contributed by atoms with Crippen molar-refractivity contribution in [3.05, 3.63) is 71.6 Å². The van der Waals surface area contributed by atoms with E-state index in [4.69, 9.17) is 4.74 Å². The van der Waals surface area contributed by atoms with E-state index in [1.807, 2.05) is 49.6 Å². The molecule has 0 unspecified atom stereocenters. The summed E-state index contributed by atoms with van der Waals surface area (Å²) < 4.78 is 7.82. The van der Waals surface area contributed by atoms with Gasteiger partial charge in [-0.1, -0.05) is 12.1 Å². The van der Waals surface area contributed by atoms with Crippen LogP contribution >= 0.6 is 0 Å². The van der Waals surface area contributed by atoms with Gasteiger partial charge in [-0.2, -0.15) is 0 Å². The summed E-state index contributed by atoms with van der Waals surface area (Å²) in [5, 5.41) is 12.7. The van der Waals surface area contributed by atoms with Crippen LogP contribution in [0.2, 0.25) is 0 Å². The van der Waals surface area contributed by atoms with Gasteiger partial charge in [-0.15, -0.1) is 10.2 Å². The standard InChI is InChI=1S/C29H33N7O2/c1-30-27-9-8-25(32-33-27)23-10-13-31-28-24(23)17-21(35(28)4)18-36-14-11-19(12-15-36)22-7-6-20(16-26(22)38-5)29(37)34(2)3/h6-11,13,16-17H,12,14-15,18H2,1-5H3,(H,30,33). The van der Waals surface area contributed by atoms with Crippen LogP contribution in [0.4, 0.5) is 5.82 Å². The summed E-state index contributed by atoms with van der Waals surface area (Å²) in [6, 6.07) is 13.8. The molecule has 1 aliphatic heterocycles. The van der Waals surface area contributed by atoms with Crippen molar-refractivity contribution in [2.75, 3.05) is 46.7 Å². The van der Waals surface area contributed by atoms with Crippen molar-refractivity contribution in [2.24, 2.45) is 7.05 Å². The summed E-state index contributed by atoms with van der Waals surface area (Å²) in [5.74, 6) is 1.43. The van der Waals surface area contributed by atoms with Crippen LogP contribution < -0.4 is 10.1 Å². The number of pyridine rings is 1. The molecule has 0 aliphatic carbocycles. The number of benzene rings is 1. The Morgan fingerprint density at radius 2 is 1.95 bits per heavy atom. The highest BCUT2D eigenvalue weighted by Crippen LogP contribution is 2.33. The minimum absolute atomic E-state index is 0.0340. The lowest BCUT2D eigenvalue weighted by Gasteiger charge is -2.27. The van der Waals surface area contributed by atoms with Gasteiger partial charge in [0.25, 0.3) is 5.91 Å². The maximum absolute atomic E-state index is 12.4. The number of amides is 1. The van der Waals surface area contributed by atoms with Gasteiger partial charge in [0, 0.05) is 81.8 Å². The van der Waals surface area contributed by atoms with Gasteiger partial charge in [0.1, 0.15) is 17.2 Å². The molecule has 0 fully saturated rings. The van der Waals surface area contributed by atoms with Crippen LogP contribution in [0.1, 0.15) is 28.0 Å². The molecule has 1 aromatic carbocycles. The van der Waals surface area contributed by atoms with E-state index in [0.29, 0.717) is 5.56 Å². The number of nitrogens with zero attached hydrogens (tertiary/aromatic N) is 6. The average Bonchev–Trinajstić information content (AvgIpc) is 3.27. The van der Waals surface area contributed by atoms with Crippen molar-refractivity contribution in [3.8, 4) is 17.0 Å². The van der Waals surface area contributed by atoms with Crippen LogP contribution in [0, 0.1) is 0 Å². The van der Waals surface area contributed by atoms with E-state index >= 15 is 0 Å². The maximum Gasteiger partial charge on any atom is 0.253 e. The van der Waals surface area contributed by atoms with Crippen LogP contribution in [0.25, 0.3) is 27.9 Å². The highest BCUT2D eigenvalue weighted by atomic mass is 16.5. The number of carbonyl (C=O) groups is 1. The molecule has 9 nitrogen and oxygen atoms in total. The molecule has 1 aliphatic rings. The van der Waals surface area contributed by atoms with E-state index in [9.17, 15) is 4.79 Å². The number of hydrogen-bond donors (Lipinski definition) is 1. The van der Waals surface area contributed by atoms with Gasteiger partial charge in [0.15, 0.2) is 0 Å². The second kappa shape index (κ2) is 10.6. The monoisotopic (exact) mass is 511 g/mol. The van der Waals surface area contributed by atoms with Crippen molar-refractivity contribution >= 4 is 28.3 Å². The molecule has 5 rings (SSSR count). The van der Waals surface area contributed by atoms with Crippen LogP contribution in [-0.4, -0.2) is 76.8 Å². The molecule has 9 heteroatoms. The Kier molecular flexibility index (Phi) is 7.11. The van der Waals surface area contributed by atoms with Gasteiger partial charge in [-0.05, 0) is 48.4 Å². The third kappa shape index (κ3) is 4.84. The Bertz CT molecular complexity index is 1510. The predicted molar refractivity (Wildman–Crippen MR) is 150 cm³/mol. The number of rotatable bonds is 7. The van der Waals surface area contributed by atoms with Crippen molar-refractivity contribution in [2.45, 2.75) is 13.0 Å². The first-order valence-corrected chi connectivity index (χ1v) is 12.7. The Balaban J connectivity index is 1.35. The topological polar surface area (TPSA) is 88.4 Å². The highest BCUT2D eigenvalue weighted by Gasteiger charge is 2.20. The Morgan fingerprint density at radius 3 is 2.61 bits per heavy atom. The summed E-state index contributed by atoms with van der Waals surface area (Å²) in [7, 11) is 9.06. The number of aryl methyl sites for hydroxylation is 1. The average molecular weight is 512 g/mol. The zero-order valence-electron chi connectivity index (χ0n) is 22.5. The number of hydrogen-bond acceptors (Lipinski definition) is 7. The molecule has 0 saturated heterocycles. The van der Waals surface area contributed by atoms with E-state index < -0.39 is 0 Å². The number of methoxy groups -OCH3 is 1. The fourth-order valence-electron chi connectivity index (χ4n) is 4.93. The first-order chi connectivity index (χ1) is 18.4. The third-order valence-corrected chi connectivity index (χ3v) is 7.10. The maximum atomic E-state index is 12.4. The van der Waals surface area contributed by atoms with E-state index in [-0.39, 0.29) is 5.91 Å². The van der Waals surface area contributed by atoms with E-state index in [1.165, 1.54) is 11.3 Å². The van der Waals surface area contributed by atoms with Crippen LogP contribution in [0.5, 0.6) is 5.75 Å². The van der Waals surface area contributed by atoms with Gasteiger partial charge < -0.3 is 19.5 Å². The smallest absolute Gasteiger partial charge is 0.253 e. The molecule has 1 amide bonds. The summed E-state index contributed by atoms with van der Waals surface area (Å²) in [4.78, 5) is 21.0. The number of ether oxygens (including phenoxy) is 1. The normalized spacial score (nSPS) is 13.9. The number of carbonyl (C=O) groups excluding carboxylic acids is 1. The van der Waals surface area contributed by atoms with Crippen LogP contribution in [0.15, 0.2) is 54.7 Å². The van der Waals surface area contributed by atoms with Gasteiger partial charge >= 0.3 is 0 Å². The molecule has 196 valence electrons. The molecule has 38 heavy (non-hydrogen) atoms. The molecule has 3 aromatic heterocycles. The van der Waals surface area contributed by atoms with Gasteiger partial charge in [0.05, 0.1) is 12.8 Å². The third-order valence-electron chi connectivity index (χ3n) is 7.10. The zero-order chi connectivity index (χ0) is 26.8. The second-order valence-electron chi connectivity index (χ2n) is 9.67. The minimum atomic E-state index is -0.0340. The molecule has 0 radical (unpaired) electrons. The summed E-state index contributed by atoms with van der Waals surface area (Å²) >= 11 is 0. The lowest BCUT2D eigenvalue weighted by atomic mass is 9.97. The molecule has 0 saturated carbocycles. The first-order valence-electron chi connectivity index (χ1n) is 12.7. The van der Waals surface area contributed by atoms with Crippen molar-refractivity contribution in [1.29, 1.82) is 0 Å². The van der Waals surface area contributed by atoms with Gasteiger partial charge in [-0.25, -0.2) is 4.98 Å². The fourth-order valence-corrected chi connectivity index (χ4v) is 4.93. The van der Waals surface area contributed by atoms with Crippen LogP contribution in [0.3, 0.4) is 0 Å². The van der Waals surface area contributed by atoms with Crippen molar-refractivity contribution in [1.82, 2.24) is 29.5 Å². The Labute approximate surface area is 222 Å². The molecular formula is C29H33N7O2. The second-order valence-corrected chi connectivity index (χ2v) is 9.67. The summed E-state index contributed by atoms with van der Waals surface area (Å²) in [5.41, 5.74) is 6.89. The minimum Gasteiger partial charge on any atom is -0.496 e. The number of aromatic nitrogens is 4. The predicted octanol–water partition coefficient (Wildman–Crippen LogP) is 4.07. The lowest BCUT2D eigenvalue weighted by molar-refractivity contribution is 0.0827. The van der Waals surface area contributed by atoms with E-state index in [1.54, 1.807) is 26.1 Å². The molecule has 0 bridgehead atoms. The van der Waals surface area contributed by atoms with Gasteiger partial charge in [0.2, 0.25) is 0 Å². The largest absolute Gasteiger partial charge is 0.496 e. The van der Waals surface area contributed by atoms with Gasteiger partial charge in [-0.3, -0.25) is 9.69 Å². The number of anilines is 1.